The van der Waals surface area contributed by atoms with Crippen molar-refractivity contribution in [3.63, 3.8) is 0 Å². The van der Waals surface area contributed by atoms with E-state index < -0.39 is 30.5 Å². The molecule has 0 rings (SSSR count). The monoisotopic (exact) mass is 192 g/mol. The first-order valence-corrected chi connectivity index (χ1v) is 3.61. The summed E-state index contributed by atoms with van der Waals surface area (Å²) in [7, 11) is 0. The Labute approximate surface area is 83.2 Å². The van der Waals surface area contributed by atoms with Crippen molar-refractivity contribution in [3.05, 3.63) is 0 Å². The molecule has 0 aromatic rings. The molecular formula is C8H16N2O3. The molecule has 13 heavy (non-hydrogen) atoms. The predicted octanol–water partition coefficient (Wildman–Crippen LogP) is 0.385. The maximum Gasteiger partial charge on any atom is 0.408 e. The zero-order valence-corrected chi connectivity index (χ0v) is 7.80. The van der Waals surface area contributed by atoms with Gasteiger partial charge in [-0.15, -0.1) is 0 Å². The summed E-state index contributed by atoms with van der Waals surface area (Å²) in [5, 5.41) is 1.66. The first-order valence-electron chi connectivity index (χ1n) is 5.61. The van der Waals surface area contributed by atoms with E-state index in [9.17, 15) is 9.59 Å². The number of primary amides is 1. The second-order valence-corrected chi connectivity index (χ2v) is 3.37. The number of carbonyl (C=O) groups is 2. The van der Waals surface area contributed by atoms with E-state index in [1.54, 1.807) is 26.1 Å². The Morgan fingerprint density at radius 3 is 2.46 bits per heavy atom. The second-order valence-electron chi connectivity index (χ2n) is 3.37. The van der Waals surface area contributed by atoms with Crippen LogP contribution in [0.1, 0.15) is 33.1 Å². The van der Waals surface area contributed by atoms with Gasteiger partial charge in [-0.3, -0.25) is 4.79 Å². The van der Waals surface area contributed by atoms with Gasteiger partial charge in [0.1, 0.15) is 11.6 Å². The van der Waals surface area contributed by atoms with Crippen LogP contribution in [0.25, 0.3) is 0 Å². The van der Waals surface area contributed by atoms with E-state index in [2.05, 4.69) is 0 Å². The van der Waals surface area contributed by atoms with E-state index in [1.165, 1.54) is 0 Å². The molecule has 0 saturated heterocycles. The Kier molecular flexibility index (Phi) is 1.97. The summed E-state index contributed by atoms with van der Waals surface area (Å²) in [6, 6.07) is -2.91. The van der Waals surface area contributed by atoms with E-state index in [-0.39, 0.29) is 0 Å². The van der Waals surface area contributed by atoms with Gasteiger partial charge >= 0.3 is 6.09 Å². The van der Waals surface area contributed by atoms with Crippen LogP contribution >= 0.6 is 0 Å². The van der Waals surface area contributed by atoms with Crippen LogP contribution in [0.15, 0.2) is 0 Å². The molecule has 5 heteroatoms. The van der Waals surface area contributed by atoms with Crippen molar-refractivity contribution in [3.8, 4) is 0 Å². The standard InChI is InChI=1S/C8H16N2O3/c1-5(6(9)11)10-7(12)13-8(2,3)4/h5H,1-4H3,(H2,9,11)(H,10,12)/t5-/m0/s1/i1D3,5D. The summed E-state index contributed by atoms with van der Waals surface area (Å²) in [5.74, 6) is -1.48. The lowest BCUT2D eigenvalue weighted by molar-refractivity contribution is -0.119. The minimum atomic E-state index is -3.09. The molecule has 0 aliphatic carbocycles. The summed E-state index contributed by atoms with van der Waals surface area (Å²) >= 11 is 0. The molecule has 0 unspecified atom stereocenters. The highest BCUT2D eigenvalue weighted by atomic mass is 16.6. The van der Waals surface area contributed by atoms with Gasteiger partial charge in [0.15, 0.2) is 0 Å². The van der Waals surface area contributed by atoms with Crippen LogP contribution in [0.5, 0.6) is 0 Å². The van der Waals surface area contributed by atoms with Gasteiger partial charge in [0.2, 0.25) is 5.91 Å². The van der Waals surface area contributed by atoms with Gasteiger partial charge in [-0.05, 0) is 27.6 Å². The normalized spacial score (nSPS) is 21.2. The fourth-order valence-electron chi connectivity index (χ4n) is 0.467. The van der Waals surface area contributed by atoms with Gasteiger partial charge in [-0.25, -0.2) is 4.79 Å². The van der Waals surface area contributed by atoms with Crippen LogP contribution in [-0.2, 0) is 9.53 Å². The van der Waals surface area contributed by atoms with Gasteiger partial charge < -0.3 is 15.8 Å². The van der Waals surface area contributed by atoms with E-state index >= 15 is 0 Å². The van der Waals surface area contributed by atoms with Gasteiger partial charge in [-0.2, -0.15) is 0 Å². The molecule has 3 N–H and O–H groups in total. The fourth-order valence-corrected chi connectivity index (χ4v) is 0.467. The van der Waals surface area contributed by atoms with Crippen molar-refractivity contribution >= 4 is 12.0 Å². The first-order chi connectivity index (χ1) is 7.29. The number of hydrogen-bond acceptors (Lipinski definition) is 3. The van der Waals surface area contributed by atoms with Crippen molar-refractivity contribution in [2.45, 2.75) is 39.2 Å². The number of rotatable bonds is 2. The molecule has 0 radical (unpaired) electrons. The number of nitrogens with one attached hydrogen (secondary N) is 1. The predicted molar refractivity (Wildman–Crippen MR) is 48.0 cm³/mol. The molecule has 0 aromatic heterocycles. The van der Waals surface area contributed by atoms with Crippen molar-refractivity contribution < 1.29 is 19.8 Å². The Hall–Kier alpha value is -1.26. The molecule has 0 aliphatic rings. The Balaban J connectivity index is 4.93. The third-order valence-electron chi connectivity index (χ3n) is 0.872. The van der Waals surface area contributed by atoms with Crippen LogP contribution in [0, 0.1) is 0 Å². The lowest BCUT2D eigenvalue weighted by Gasteiger charge is -2.20. The molecule has 5 nitrogen and oxygen atoms in total. The molecule has 0 bridgehead atoms. The van der Waals surface area contributed by atoms with Gasteiger partial charge in [0, 0.05) is 4.11 Å². The SMILES string of the molecule is [2H]C([2H])([2H])[C@]([2H])(NC(=O)OC(C)(C)C)C(N)=O. The number of ether oxygens (including phenoxy) is 1. The van der Waals surface area contributed by atoms with Crippen molar-refractivity contribution in [1.29, 1.82) is 0 Å². The van der Waals surface area contributed by atoms with Crippen LogP contribution in [-0.4, -0.2) is 23.6 Å². The number of hydrogen-bond donors (Lipinski definition) is 2. The zero-order valence-electron chi connectivity index (χ0n) is 11.8. The van der Waals surface area contributed by atoms with Crippen LogP contribution < -0.4 is 11.1 Å². The minimum Gasteiger partial charge on any atom is -0.444 e. The van der Waals surface area contributed by atoms with Crippen LogP contribution in [0.4, 0.5) is 4.79 Å². The quantitative estimate of drug-likeness (QED) is 0.663. The highest BCUT2D eigenvalue weighted by molar-refractivity contribution is 5.83. The van der Waals surface area contributed by atoms with Gasteiger partial charge in [0.25, 0.3) is 0 Å². The topological polar surface area (TPSA) is 81.4 Å². The zero-order chi connectivity index (χ0) is 14.1. The Morgan fingerprint density at radius 1 is 1.62 bits per heavy atom. The maximum absolute atomic E-state index is 11.3. The molecule has 2 amide bonds. The number of carbonyl (C=O) groups excluding carboxylic acids is 2. The average Bonchev–Trinajstić information content (AvgIpc) is 1.96. The molecule has 0 saturated carbocycles. The summed E-state index contributed by atoms with van der Waals surface area (Å²) in [6.07, 6.45) is -1.19. The van der Waals surface area contributed by atoms with Crippen LogP contribution in [0.3, 0.4) is 0 Å². The average molecular weight is 192 g/mol. The van der Waals surface area contributed by atoms with Crippen molar-refractivity contribution in [2.75, 3.05) is 0 Å². The fraction of sp³-hybridized carbons (Fsp3) is 0.750. The largest absolute Gasteiger partial charge is 0.444 e. The summed E-state index contributed by atoms with van der Waals surface area (Å²) in [4.78, 5) is 22.3. The first kappa shape index (κ1) is 6.23. The number of nitrogens with two attached hydrogens (primary N) is 1. The summed E-state index contributed by atoms with van der Waals surface area (Å²) in [6.45, 7) is 1.57. The third-order valence-corrected chi connectivity index (χ3v) is 0.872. The second kappa shape index (κ2) is 4.11. The third kappa shape index (κ3) is 5.95. The Bertz CT molecular complexity index is 324. The molecule has 0 aromatic carbocycles. The lowest BCUT2D eigenvalue weighted by atomic mass is 10.2. The van der Waals surface area contributed by atoms with E-state index in [1.807, 2.05) is 0 Å². The minimum absolute atomic E-state index is 0.878. The van der Waals surface area contributed by atoms with E-state index in [4.69, 9.17) is 16.0 Å². The molecule has 0 fully saturated rings. The van der Waals surface area contributed by atoms with Crippen molar-refractivity contribution in [2.24, 2.45) is 5.73 Å². The highest BCUT2D eigenvalue weighted by Crippen LogP contribution is 2.06. The maximum atomic E-state index is 11.3. The highest BCUT2D eigenvalue weighted by Gasteiger charge is 2.19. The molecule has 0 aliphatic heterocycles. The van der Waals surface area contributed by atoms with E-state index in [0.717, 1.165) is 0 Å². The number of alkyl carbamates (subject to hydrolysis) is 1. The van der Waals surface area contributed by atoms with Crippen molar-refractivity contribution in [1.82, 2.24) is 5.32 Å². The lowest BCUT2D eigenvalue weighted by Crippen LogP contribution is -2.44. The summed E-state index contributed by atoms with van der Waals surface area (Å²) < 4.78 is 33.2. The molecule has 0 spiro atoms. The summed E-state index contributed by atoms with van der Waals surface area (Å²) in [5.41, 5.74) is 3.93. The Morgan fingerprint density at radius 2 is 2.15 bits per heavy atom. The van der Waals surface area contributed by atoms with Crippen LogP contribution in [0.2, 0.25) is 0 Å². The molecule has 0 heterocycles. The van der Waals surface area contributed by atoms with Gasteiger partial charge in [0.05, 0.1) is 1.37 Å². The molecular weight excluding hydrogens is 172 g/mol. The smallest absolute Gasteiger partial charge is 0.408 e. The number of amides is 2. The van der Waals surface area contributed by atoms with E-state index in [0.29, 0.717) is 0 Å². The molecule has 1 atom stereocenters. The van der Waals surface area contributed by atoms with Gasteiger partial charge in [-0.1, -0.05) is 0 Å². The molecule has 76 valence electrons.